The summed E-state index contributed by atoms with van der Waals surface area (Å²) in [5.74, 6) is 2.43. The van der Waals surface area contributed by atoms with Gasteiger partial charge in [-0.3, -0.25) is 0 Å². The number of rotatable bonds is 7. The molecule has 0 radical (unpaired) electrons. The largest absolute Gasteiger partial charge is 0.478 e. The maximum atomic E-state index is 5.72. The fourth-order valence-corrected chi connectivity index (χ4v) is 1.16. The van der Waals surface area contributed by atoms with Gasteiger partial charge in [0.05, 0.1) is 6.61 Å². The molecule has 0 fully saturated rings. The normalized spacial score (nSPS) is 12.2. The number of halogens is 1. The van der Waals surface area contributed by atoms with E-state index in [1.165, 1.54) is 6.33 Å². The highest BCUT2D eigenvalue weighted by Crippen LogP contribution is 2.11. The van der Waals surface area contributed by atoms with E-state index >= 15 is 0 Å². The highest BCUT2D eigenvalue weighted by atomic mass is 35.5. The van der Waals surface area contributed by atoms with Crippen LogP contribution >= 0.6 is 11.6 Å². The van der Waals surface area contributed by atoms with Crippen LogP contribution in [0.1, 0.15) is 20.3 Å². The van der Waals surface area contributed by atoms with Crippen molar-refractivity contribution >= 4 is 17.4 Å². The van der Waals surface area contributed by atoms with Gasteiger partial charge in [0.15, 0.2) is 0 Å². The highest BCUT2D eigenvalue weighted by molar-refractivity contribution is 6.18. The zero-order valence-electron chi connectivity index (χ0n) is 9.74. The van der Waals surface area contributed by atoms with Gasteiger partial charge in [-0.05, 0) is 12.3 Å². The number of aromatic nitrogens is 2. The summed E-state index contributed by atoms with van der Waals surface area (Å²) in [6.45, 7) is 5.61. The smallest absolute Gasteiger partial charge is 0.218 e. The Labute approximate surface area is 101 Å². The van der Waals surface area contributed by atoms with Crippen molar-refractivity contribution in [1.29, 1.82) is 0 Å². The van der Waals surface area contributed by atoms with Gasteiger partial charge in [0, 0.05) is 18.5 Å². The number of hydrogen-bond donors (Lipinski definition) is 1. The summed E-state index contributed by atoms with van der Waals surface area (Å²) in [5.41, 5.74) is 0. The second-order valence-electron chi connectivity index (χ2n) is 3.73. The van der Waals surface area contributed by atoms with Crippen LogP contribution in [-0.2, 0) is 0 Å². The van der Waals surface area contributed by atoms with Crippen molar-refractivity contribution in [2.45, 2.75) is 20.3 Å². The van der Waals surface area contributed by atoms with Crippen molar-refractivity contribution in [3.63, 3.8) is 0 Å². The summed E-state index contributed by atoms with van der Waals surface area (Å²) in [4.78, 5) is 8.13. The average Bonchev–Trinajstić information content (AvgIpc) is 2.34. The van der Waals surface area contributed by atoms with Gasteiger partial charge >= 0.3 is 0 Å². The molecule has 1 aromatic heterocycles. The number of nitrogens with one attached hydrogen (secondary N) is 1. The van der Waals surface area contributed by atoms with E-state index in [0.29, 0.717) is 24.3 Å². The summed E-state index contributed by atoms with van der Waals surface area (Å²) in [6.07, 6.45) is 2.47. The SMILES string of the molecule is CCCOc1cc(NCC(C)CCl)ncn1. The third-order valence-electron chi connectivity index (χ3n) is 1.99. The van der Waals surface area contributed by atoms with Crippen molar-refractivity contribution in [3.8, 4) is 5.88 Å². The first-order valence-electron chi connectivity index (χ1n) is 5.51. The first-order chi connectivity index (χ1) is 7.76. The van der Waals surface area contributed by atoms with Gasteiger partial charge in [0.1, 0.15) is 12.1 Å². The lowest BCUT2D eigenvalue weighted by Gasteiger charge is -2.10. The third-order valence-corrected chi connectivity index (χ3v) is 2.52. The Kier molecular flexibility index (Phi) is 5.93. The first-order valence-corrected chi connectivity index (χ1v) is 6.04. The van der Waals surface area contributed by atoms with E-state index in [1.807, 2.05) is 0 Å². The zero-order chi connectivity index (χ0) is 11.8. The Morgan fingerprint density at radius 1 is 1.50 bits per heavy atom. The topological polar surface area (TPSA) is 47.0 Å². The molecule has 0 aliphatic rings. The number of ether oxygens (including phenoxy) is 1. The number of hydrogen-bond acceptors (Lipinski definition) is 4. The lowest BCUT2D eigenvalue weighted by Crippen LogP contribution is -2.13. The Morgan fingerprint density at radius 3 is 3.00 bits per heavy atom. The van der Waals surface area contributed by atoms with Crippen LogP contribution in [0.3, 0.4) is 0 Å². The van der Waals surface area contributed by atoms with Crippen LogP contribution in [0, 0.1) is 5.92 Å². The van der Waals surface area contributed by atoms with E-state index in [2.05, 4.69) is 29.1 Å². The van der Waals surface area contributed by atoms with Crippen LogP contribution in [0.25, 0.3) is 0 Å². The molecule has 1 unspecified atom stereocenters. The van der Waals surface area contributed by atoms with Gasteiger partial charge in [-0.1, -0.05) is 13.8 Å². The highest BCUT2D eigenvalue weighted by Gasteiger charge is 2.02. The summed E-state index contributed by atoms with van der Waals surface area (Å²) in [7, 11) is 0. The van der Waals surface area contributed by atoms with E-state index in [9.17, 15) is 0 Å². The Balaban J connectivity index is 2.46. The molecular weight excluding hydrogens is 226 g/mol. The molecule has 90 valence electrons. The average molecular weight is 244 g/mol. The fraction of sp³-hybridized carbons (Fsp3) is 0.636. The van der Waals surface area contributed by atoms with Crippen LogP contribution < -0.4 is 10.1 Å². The van der Waals surface area contributed by atoms with E-state index in [-0.39, 0.29) is 0 Å². The fourth-order valence-electron chi connectivity index (χ4n) is 1.06. The quantitative estimate of drug-likeness (QED) is 0.748. The molecule has 0 spiro atoms. The van der Waals surface area contributed by atoms with Crippen LogP contribution in [0.2, 0.25) is 0 Å². The minimum atomic E-state index is 0.414. The summed E-state index contributed by atoms with van der Waals surface area (Å²) >= 11 is 5.72. The molecule has 1 aromatic rings. The first kappa shape index (κ1) is 13.0. The predicted molar refractivity (Wildman–Crippen MR) is 66.2 cm³/mol. The summed E-state index contributed by atoms with van der Waals surface area (Å²) < 4.78 is 5.41. The molecule has 0 amide bonds. The predicted octanol–water partition coefficient (Wildman–Crippen LogP) is 2.55. The molecule has 0 aliphatic heterocycles. The Morgan fingerprint density at radius 2 is 2.31 bits per heavy atom. The standard InChI is InChI=1S/C11H18ClN3O/c1-3-4-16-11-5-10(14-8-15-11)13-7-9(2)6-12/h5,8-9H,3-4,6-7H2,1-2H3,(H,13,14,15). The molecule has 1 heterocycles. The second-order valence-corrected chi connectivity index (χ2v) is 4.04. The van der Waals surface area contributed by atoms with Gasteiger partial charge in [-0.2, -0.15) is 0 Å². The van der Waals surface area contributed by atoms with Crippen molar-refractivity contribution in [3.05, 3.63) is 12.4 Å². The molecule has 0 saturated carbocycles. The molecule has 0 aromatic carbocycles. The van der Waals surface area contributed by atoms with Crippen molar-refractivity contribution in [1.82, 2.24) is 9.97 Å². The molecular formula is C11H18ClN3O. The Hall–Kier alpha value is -1.03. The van der Waals surface area contributed by atoms with Gasteiger partial charge in [-0.15, -0.1) is 11.6 Å². The van der Waals surface area contributed by atoms with Crippen molar-refractivity contribution in [2.75, 3.05) is 24.3 Å². The Bertz CT molecular complexity index is 309. The lowest BCUT2D eigenvalue weighted by molar-refractivity contribution is 0.305. The molecule has 4 nitrogen and oxygen atoms in total. The third kappa shape index (κ3) is 4.66. The molecule has 16 heavy (non-hydrogen) atoms. The molecule has 0 saturated heterocycles. The van der Waals surface area contributed by atoms with Crippen molar-refractivity contribution < 1.29 is 4.74 Å². The van der Waals surface area contributed by atoms with E-state index in [0.717, 1.165) is 18.8 Å². The van der Waals surface area contributed by atoms with Gasteiger partial charge in [-0.25, -0.2) is 9.97 Å². The minimum Gasteiger partial charge on any atom is -0.478 e. The molecule has 0 bridgehead atoms. The molecule has 5 heteroatoms. The van der Waals surface area contributed by atoms with Gasteiger partial charge in [0.25, 0.3) is 0 Å². The van der Waals surface area contributed by atoms with Gasteiger partial charge in [0.2, 0.25) is 5.88 Å². The van der Waals surface area contributed by atoms with Crippen LogP contribution in [0.4, 0.5) is 5.82 Å². The summed E-state index contributed by atoms with van der Waals surface area (Å²) in [6, 6.07) is 1.80. The second kappa shape index (κ2) is 7.28. The van der Waals surface area contributed by atoms with Crippen molar-refractivity contribution in [2.24, 2.45) is 5.92 Å². The molecule has 0 aliphatic carbocycles. The lowest BCUT2D eigenvalue weighted by atomic mass is 10.2. The summed E-state index contributed by atoms with van der Waals surface area (Å²) in [5, 5.41) is 3.20. The zero-order valence-corrected chi connectivity index (χ0v) is 10.5. The number of anilines is 1. The molecule has 1 N–H and O–H groups in total. The molecule has 1 atom stereocenters. The van der Waals surface area contributed by atoms with E-state index in [1.54, 1.807) is 6.07 Å². The maximum Gasteiger partial charge on any atom is 0.218 e. The molecule has 1 rings (SSSR count). The van der Waals surface area contributed by atoms with Crippen LogP contribution in [0.5, 0.6) is 5.88 Å². The number of nitrogens with zero attached hydrogens (tertiary/aromatic N) is 2. The van der Waals surface area contributed by atoms with Crippen LogP contribution in [-0.4, -0.2) is 29.0 Å². The van der Waals surface area contributed by atoms with Crippen LogP contribution in [0.15, 0.2) is 12.4 Å². The monoisotopic (exact) mass is 243 g/mol. The maximum absolute atomic E-state index is 5.72. The van der Waals surface area contributed by atoms with E-state index in [4.69, 9.17) is 16.3 Å². The van der Waals surface area contributed by atoms with Gasteiger partial charge < -0.3 is 10.1 Å². The number of alkyl halides is 1. The minimum absolute atomic E-state index is 0.414. The van der Waals surface area contributed by atoms with E-state index < -0.39 is 0 Å².